The third kappa shape index (κ3) is 2.11. The molecule has 3 unspecified atom stereocenters. The van der Waals surface area contributed by atoms with E-state index in [-0.39, 0.29) is 0 Å². The summed E-state index contributed by atoms with van der Waals surface area (Å²) in [6.07, 6.45) is 6.80. The summed E-state index contributed by atoms with van der Waals surface area (Å²) in [5, 5.41) is 5.07. The molecule has 0 spiro atoms. The Hall–Kier alpha value is -1.13. The minimum Gasteiger partial charge on any atom is -0.497 e. The minimum atomic E-state index is 0.464. The molecule has 0 radical (unpaired) electrons. The molecule has 0 amide bonds. The number of aromatic nitrogens is 1. The number of nitrogens with one attached hydrogen (secondary N) is 1. The first-order valence-corrected chi connectivity index (χ1v) is 8.35. The summed E-state index contributed by atoms with van der Waals surface area (Å²) in [6.45, 7) is 0. The molecule has 20 heavy (non-hydrogen) atoms. The third-order valence-electron chi connectivity index (χ3n) is 4.77. The largest absolute Gasteiger partial charge is 0.497 e. The molecule has 2 aliphatic rings. The van der Waals surface area contributed by atoms with Crippen molar-refractivity contribution >= 4 is 21.6 Å². The van der Waals surface area contributed by atoms with Crippen LogP contribution in [0.3, 0.4) is 0 Å². The van der Waals surface area contributed by atoms with Crippen molar-refractivity contribution in [2.75, 3.05) is 7.11 Å². The number of methoxy groups -OCH3 is 1. The maximum Gasteiger partial charge on any atom is 0.120 e. The summed E-state index contributed by atoms with van der Waals surface area (Å²) in [5.41, 5.74) is 1.10. The monoisotopic (exact) mass is 288 g/mol. The molecule has 1 N–H and O–H groups in total. The lowest BCUT2D eigenvalue weighted by molar-refractivity contribution is 0.325. The van der Waals surface area contributed by atoms with Gasteiger partial charge in [-0.05, 0) is 43.4 Å². The van der Waals surface area contributed by atoms with Crippen LogP contribution in [-0.4, -0.2) is 18.1 Å². The predicted molar refractivity (Wildman–Crippen MR) is 82.4 cm³/mol. The van der Waals surface area contributed by atoms with Crippen molar-refractivity contribution in [3.05, 3.63) is 23.2 Å². The molecule has 4 rings (SSSR count). The molecule has 3 atom stereocenters. The molecule has 106 valence electrons. The summed E-state index contributed by atoms with van der Waals surface area (Å²) in [5.74, 6) is 1.79. The van der Waals surface area contributed by atoms with Crippen LogP contribution in [0.5, 0.6) is 5.75 Å². The summed E-state index contributed by atoms with van der Waals surface area (Å²) in [4.78, 5) is 4.83. The van der Waals surface area contributed by atoms with Crippen LogP contribution < -0.4 is 10.1 Å². The topological polar surface area (TPSA) is 34.1 Å². The van der Waals surface area contributed by atoms with Crippen LogP contribution >= 0.6 is 11.3 Å². The van der Waals surface area contributed by atoms with Gasteiger partial charge in [0.15, 0.2) is 0 Å². The van der Waals surface area contributed by atoms with E-state index in [0.29, 0.717) is 6.04 Å². The second-order valence-corrected chi connectivity index (χ2v) is 7.05. The molecule has 2 fully saturated rings. The van der Waals surface area contributed by atoms with Gasteiger partial charge in [-0.1, -0.05) is 12.8 Å². The molecule has 3 nitrogen and oxygen atoms in total. The van der Waals surface area contributed by atoms with Gasteiger partial charge in [-0.3, -0.25) is 0 Å². The van der Waals surface area contributed by atoms with Gasteiger partial charge in [-0.25, -0.2) is 4.98 Å². The number of thiazole rings is 1. The first-order chi connectivity index (χ1) is 9.83. The fourth-order valence-electron chi connectivity index (χ4n) is 3.71. The molecule has 2 heterocycles. The smallest absolute Gasteiger partial charge is 0.120 e. The Morgan fingerprint density at radius 3 is 3.05 bits per heavy atom. The fraction of sp³-hybridized carbons (Fsp3) is 0.562. The van der Waals surface area contributed by atoms with Gasteiger partial charge in [0.25, 0.3) is 0 Å². The molecule has 1 aliphatic heterocycles. The molecule has 4 heteroatoms. The van der Waals surface area contributed by atoms with E-state index in [1.165, 1.54) is 41.8 Å². The lowest BCUT2D eigenvalue weighted by Gasteiger charge is -2.24. The number of rotatable bonds is 2. The Kier molecular flexibility index (Phi) is 3.15. The first-order valence-electron chi connectivity index (χ1n) is 7.54. The molecule has 0 bridgehead atoms. The van der Waals surface area contributed by atoms with E-state index in [2.05, 4.69) is 17.4 Å². The van der Waals surface area contributed by atoms with Gasteiger partial charge in [0.05, 0.1) is 23.4 Å². The van der Waals surface area contributed by atoms with Crippen LogP contribution in [0.2, 0.25) is 0 Å². The maximum atomic E-state index is 5.30. The zero-order valence-corrected chi connectivity index (χ0v) is 12.6. The zero-order valence-electron chi connectivity index (χ0n) is 11.8. The average molecular weight is 288 g/mol. The lowest BCUT2D eigenvalue weighted by atomic mass is 9.85. The van der Waals surface area contributed by atoms with Gasteiger partial charge < -0.3 is 10.1 Å². The minimum absolute atomic E-state index is 0.464. The Morgan fingerprint density at radius 1 is 1.30 bits per heavy atom. The highest BCUT2D eigenvalue weighted by molar-refractivity contribution is 7.18. The number of hydrogen-bond acceptors (Lipinski definition) is 4. The highest BCUT2D eigenvalue weighted by Crippen LogP contribution is 2.41. The van der Waals surface area contributed by atoms with E-state index in [9.17, 15) is 0 Å². The molecule has 1 aromatic carbocycles. The average Bonchev–Trinajstić information content (AvgIpc) is 3.09. The van der Waals surface area contributed by atoms with Crippen LogP contribution in [-0.2, 0) is 0 Å². The van der Waals surface area contributed by atoms with E-state index in [1.807, 2.05) is 17.4 Å². The highest BCUT2D eigenvalue weighted by atomic mass is 32.1. The zero-order chi connectivity index (χ0) is 13.5. The van der Waals surface area contributed by atoms with Crippen LogP contribution in [0.15, 0.2) is 18.2 Å². The van der Waals surface area contributed by atoms with Gasteiger partial charge in [-0.15, -0.1) is 11.3 Å². The molecule has 1 saturated carbocycles. The van der Waals surface area contributed by atoms with Crippen molar-refractivity contribution in [2.45, 2.75) is 44.2 Å². The van der Waals surface area contributed by atoms with E-state index in [4.69, 9.17) is 9.72 Å². The van der Waals surface area contributed by atoms with Crippen LogP contribution in [0.1, 0.15) is 43.2 Å². The van der Waals surface area contributed by atoms with Gasteiger partial charge in [-0.2, -0.15) is 0 Å². The Balaban J connectivity index is 1.62. The number of benzene rings is 1. The van der Waals surface area contributed by atoms with Crippen LogP contribution in [0.4, 0.5) is 0 Å². The SMILES string of the molecule is COc1ccc2nc(C3CC4CCCCC4N3)sc2c1. The maximum absolute atomic E-state index is 5.30. The van der Waals surface area contributed by atoms with Crippen molar-refractivity contribution in [2.24, 2.45) is 5.92 Å². The predicted octanol–water partition coefficient (Wildman–Crippen LogP) is 3.90. The molecule has 2 aromatic rings. The number of ether oxygens (including phenoxy) is 1. The van der Waals surface area contributed by atoms with Crippen molar-refractivity contribution in [3.63, 3.8) is 0 Å². The second kappa shape index (κ2) is 5.01. The van der Waals surface area contributed by atoms with Crippen molar-refractivity contribution in [1.82, 2.24) is 10.3 Å². The molecule has 1 aromatic heterocycles. The lowest BCUT2D eigenvalue weighted by Crippen LogP contribution is -2.30. The van der Waals surface area contributed by atoms with Crippen molar-refractivity contribution < 1.29 is 4.74 Å². The summed E-state index contributed by atoms with van der Waals surface area (Å²) >= 11 is 1.82. The number of fused-ring (bicyclic) bond motifs is 2. The first kappa shape index (κ1) is 12.6. The van der Waals surface area contributed by atoms with Crippen LogP contribution in [0, 0.1) is 5.92 Å². The van der Waals surface area contributed by atoms with Gasteiger partial charge in [0.2, 0.25) is 0 Å². The van der Waals surface area contributed by atoms with E-state index < -0.39 is 0 Å². The summed E-state index contributed by atoms with van der Waals surface area (Å²) < 4.78 is 6.53. The quantitative estimate of drug-likeness (QED) is 0.910. The van der Waals surface area contributed by atoms with E-state index in [1.54, 1.807) is 7.11 Å². The van der Waals surface area contributed by atoms with Crippen LogP contribution in [0.25, 0.3) is 10.2 Å². The van der Waals surface area contributed by atoms with E-state index >= 15 is 0 Å². The van der Waals surface area contributed by atoms with E-state index in [0.717, 1.165) is 23.2 Å². The van der Waals surface area contributed by atoms with Crippen molar-refractivity contribution in [3.8, 4) is 5.75 Å². The Morgan fingerprint density at radius 2 is 2.20 bits per heavy atom. The summed E-state index contributed by atoms with van der Waals surface area (Å²) in [7, 11) is 1.71. The standard InChI is InChI=1S/C16H20N2OS/c1-19-11-6-7-13-15(9-11)20-16(18-13)14-8-10-4-2-3-5-12(10)17-14/h6-7,9-10,12,14,17H,2-5,8H2,1H3. The molecule has 1 aliphatic carbocycles. The summed E-state index contributed by atoms with van der Waals surface area (Å²) in [6, 6.07) is 7.35. The van der Waals surface area contributed by atoms with Gasteiger partial charge in [0.1, 0.15) is 10.8 Å². The van der Waals surface area contributed by atoms with Crippen molar-refractivity contribution in [1.29, 1.82) is 0 Å². The Bertz CT molecular complexity index is 610. The molecule has 1 saturated heterocycles. The normalized spacial score (nSPS) is 29.6. The molecular formula is C16H20N2OS. The highest BCUT2D eigenvalue weighted by Gasteiger charge is 2.36. The van der Waals surface area contributed by atoms with Gasteiger partial charge in [0, 0.05) is 6.04 Å². The third-order valence-corrected chi connectivity index (χ3v) is 5.90. The fourth-order valence-corrected chi connectivity index (χ4v) is 4.78. The Labute approximate surface area is 123 Å². The second-order valence-electron chi connectivity index (χ2n) is 5.99. The number of nitrogens with zero attached hydrogens (tertiary/aromatic N) is 1. The number of hydrogen-bond donors (Lipinski definition) is 1. The molecular weight excluding hydrogens is 268 g/mol. The van der Waals surface area contributed by atoms with Gasteiger partial charge >= 0.3 is 0 Å².